The van der Waals surface area contributed by atoms with Gasteiger partial charge in [-0.05, 0) is 50.3 Å². The van der Waals surface area contributed by atoms with E-state index >= 15 is 0 Å². The van der Waals surface area contributed by atoms with Gasteiger partial charge in [0.1, 0.15) is 16.5 Å². The molecule has 0 aliphatic heterocycles. The lowest BCUT2D eigenvalue weighted by molar-refractivity contribution is 0.608. The number of fused-ring (bicyclic) bond motifs is 3. The van der Waals surface area contributed by atoms with Crippen molar-refractivity contribution in [3.63, 3.8) is 0 Å². The van der Waals surface area contributed by atoms with Crippen LogP contribution in [0, 0.1) is 5.82 Å². The molecule has 1 aliphatic rings. The van der Waals surface area contributed by atoms with Crippen molar-refractivity contribution < 1.29 is 4.39 Å². The number of aromatic nitrogens is 5. The van der Waals surface area contributed by atoms with Gasteiger partial charge >= 0.3 is 0 Å². The number of aryl methyl sites for hydroxylation is 2. The van der Waals surface area contributed by atoms with Gasteiger partial charge in [0.05, 0.1) is 16.3 Å². The molecular weight excluding hydrogens is 473 g/mol. The Morgan fingerprint density at radius 2 is 1.91 bits per heavy atom. The molecular formula is C23H24FN7OS2. The molecule has 0 saturated heterocycles. The van der Waals surface area contributed by atoms with E-state index in [-0.39, 0.29) is 22.4 Å². The SMILES string of the molecule is CC(Sc1nc2sc3c(c2c(=O)n1-c1ccccc1F)CCCC3)c1nc(N)nc(N(C)C)n1. The van der Waals surface area contributed by atoms with Crippen LogP contribution >= 0.6 is 23.1 Å². The van der Waals surface area contributed by atoms with Crippen LogP contribution in [0.25, 0.3) is 15.9 Å². The number of halogens is 1. The molecule has 2 N–H and O–H groups in total. The van der Waals surface area contributed by atoms with E-state index in [0.717, 1.165) is 31.2 Å². The highest BCUT2D eigenvalue weighted by Gasteiger charge is 2.25. The van der Waals surface area contributed by atoms with Crippen LogP contribution in [-0.2, 0) is 12.8 Å². The third-order valence-electron chi connectivity index (χ3n) is 5.76. The number of benzene rings is 1. The van der Waals surface area contributed by atoms with E-state index in [9.17, 15) is 9.18 Å². The first-order chi connectivity index (χ1) is 16.3. The van der Waals surface area contributed by atoms with Gasteiger partial charge in [0.15, 0.2) is 5.16 Å². The molecule has 5 rings (SSSR count). The fraction of sp³-hybridized carbons (Fsp3) is 0.348. The van der Waals surface area contributed by atoms with E-state index in [1.165, 1.54) is 27.3 Å². The number of hydrogen-bond donors (Lipinski definition) is 1. The number of hydrogen-bond acceptors (Lipinski definition) is 9. The van der Waals surface area contributed by atoms with Gasteiger partial charge in [-0.1, -0.05) is 23.9 Å². The lowest BCUT2D eigenvalue weighted by Crippen LogP contribution is -2.23. The molecule has 0 fully saturated rings. The molecule has 34 heavy (non-hydrogen) atoms. The summed E-state index contributed by atoms with van der Waals surface area (Å²) >= 11 is 2.86. The second-order valence-corrected chi connectivity index (χ2v) is 10.8. The normalized spacial score (nSPS) is 14.2. The molecule has 1 unspecified atom stereocenters. The Morgan fingerprint density at radius 1 is 1.15 bits per heavy atom. The minimum Gasteiger partial charge on any atom is -0.368 e. The Kier molecular flexibility index (Phi) is 5.98. The monoisotopic (exact) mass is 497 g/mol. The fourth-order valence-corrected chi connectivity index (χ4v) is 6.37. The summed E-state index contributed by atoms with van der Waals surface area (Å²) in [6.07, 6.45) is 3.95. The molecule has 0 saturated carbocycles. The summed E-state index contributed by atoms with van der Waals surface area (Å²) in [6, 6.07) is 6.27. The van der Waals surface area contributed by atoms with Crippen LogP contribution in [0.1, 0.15) is 41.3 Å². The summed E-state index contributed by atoms with van der Waals surface area (Å²) in [5.41, 5.74) is 6.91. The molecule has 0 amide bonds. The third kappa shape index (κ3) is 4.03. The average molecular weight is 498 g/mol. The van der Waals surface area contributed by atoms with Gasteiger partial charge in [0.2, 0.25) is 11.9 Å². The Morgan fingerprint density at radius 3 is 2.68 bits per heavy atom. The van der Waals surface area contributed by atoms with Crippen molar-refractivity contribution in [2.75, 3.05) is 24.7 Å². The van der Waals surface area contributed by atoms with Crippen LogP contribution in [0.4, 0.5) is 16.3 Å². The van der Waals surface area contributed by atoms with Gasteiger partial charge in [-0.25, -0.2) is 9.37 Å². The predicted octanol–water partition coefficient (Wildman–Crippen LogP) is 4.15. The molecule has 1 aromatic carbocycles. The molecule has 4 aromatic rings. The second-order valence-electron chi connectivity index (χ2n) is 8.38. The maximum atomic E-state index is 14.9. The van der Waals surface area contributed by atoms with Crippen molar-refractivity contribution >= 4 is 45.2 Å². The highest BCUT2D eigenvalue weighted by atomic mass is 32.2. The number of anilines is 2. The highest BCUT2D eigenvalue weighted by molar-refractivity contribution is 7.99. The van der Waals surface area contributed by atoms with Crippen molar-refractivity contribution in [2.45, 2.75) is 43.0 Å². The summed E-state index contributed by atoms with van der Waals surface area (Å²) < 4.78 is 16.3. The van der Waals surface area contributed by atoms with Gasteiger partial charge < -0.3 is 10.6 Å². The van der Waals surface area contributed by atoms with Gasteiger partial charge in [-0.15, -0.1) is 11.3 Å². The summed E-state index contributed by atoms with van der Waals surface area (Å²) in [5.74, 6) is 0.530. The smallest absolute Gasteiger partial charge is 0.267 e. The standard InChI is InChI=1S/C23H24FN7OS2/c1-12(18-26-21(25)29-22(27-18)30(2)3)33-23-28-19-17(13-8-4-7-11-16(13)34-19)20(32)31(23)15-10-6-5-9-14(15)24/h5-6,9-10,12H,4,7-8,11H2,1-3H3,(H2,25,26,27,29). The number of rotatable bonds is 5. The molecule has 1 aliphatic carbocycles. The molecule has 0 bridgehead atoms. The second kappa shape index (κ2) is 8.95. The highest BCUT2D eigenvalue weighted by Crippen LogP contribution is 2.38. The van der Waals surface area contributed by atoms with E-state index in [1.54, 1.807) is 34.4 Å². The minimum atomic E-state index is -0.483. The Bertz CT molecular complexity index is 1450. The Hall–Kier alpha value is -3.05. The number of nitrogens with zero attached hydrogens (tertiary/aromatic N) is 6. The number of para-hydroxylation sites is 1. The van der Waals surface area contributed by atoms with Crippen molar-refractivity contribution in [1.29, 1.82) is 0 Å². The van der Waals surface area contributed by atoms with E-state index in [2.05, 4.69) is 15.0 Å². The van der Waals surface area contributed by atoms with E-state index in [4.69, 9.17) is 10.7 Å². The zero-order chi connectivity index (χ0) is 24.0. The molecule has 0 spiro atoms. The van der Waals surface area contributed by atoms with E-state index < -0.39 is 5.82 Å². The van der Waals surface area contributed by atoms with Crippen LogP contribution < -0.4 is 16.2 Å². The van der Waals surface area contributed by atoms with Crippen molar-refractivity contribution in [1.82, 2.24) is 24.5 Å². The number of thioether (sulfide) groups is 1. The van der Waals surface area contributed by atoms with Gasteiger partial charge in [0.25, 0.3) is 5.56 Å². The van der Waals surface area contributed by atoms with Gasteiger partial charge in [-0.2, -0.15) is 15.0 Å². The van der Waals surface area contributed by atoms with Crippen molar-refractivity contribution in [3.8, 4) is 5.69 Å². The fourth-order valence-electron chi connectivity index (χ4n) is 4.10. The summed E-state index contributed by atoms with van der Waals surface area (Å²) in [7, 11) is 3.64. The van der Waals surface area contributed by atoms with Gasteiger partial charge in [0, 0.05) is 19.0 Å². The number of nitrogens with two attached hydrogens (primary N) is 1. The topological polar surface area (TPSA) is 103 Å². The predicted molar refractivity (Wildman–Crippen MR) is 135 cm³/mol. The first kappa shape index (κ1) is 22.7. The van der Waals surface area contributed by atoms with Crippen LogP contribution in [0.2, 0.25) is 0 Å². The number of nitrogen functional groups attached to an aromatic ring is 1. The molecule has 8 nitrogen and oxygen atoms in total. The Labute approximate surface area is 204 Å². The van der Waals surface area contributed by atoms with Crippen LogP contribution in [0.3, 0.4) is 0 Å². The zero-order valence-corrected chi connectivity index (χ0v) is 20.7. The maximum absolute atomic E-state index is 14.9. The van der Waals surface area contributed by atoms with Crippen LogP contribution in [0.15, 0.2) is 34.2 Å². The lowest BCUT2D eigenvalue weighted by atomic mass is 9.97. The van der Waals surface area contributed by atoms with E-state index in [1.807, 2.05) is 21.0 Å². The van der Waals surface area contributed by atoms with Crippen LogP contribution in [0.5, 0.6) is 0 Å². The average Bonchev–Trinajstić information content (AvgIpc) is 3.18. The van der Waals surface area contributed by atoms with Gasteiger partial charge in [-0.3, -0.25) is 9.36 Å². The van der Waals surface area contributed by atoms with Crippen LogP contribution in [-0.4, -0.2) is 38.6 Å². The molecule has 11 heteroatoms. The minimum absolute atomic E-state index is 0.113. The Balaban J connectivity index is 1.68. The number of thiophene rings is 1. The first-order valence-electron chi connectivity index (χ1n) is 11.0. The maximum Gasteiger partial charge on any atom is 0.267 e. The summed E-state index contributed by atoms with van der Waals surface area (Å²) in [4.78, 5) is 35.3. The summed E-state index contributed by atoms with van der Waals surface area (Å²) in [5, 5.41) is 0.680. The zero-order valence-electron chi connectivity index (χ0n) is 19.1. The molecule has 1 atom stereocenters. The van der Waals surface area contributed by atoms with E-state index in [0.29, 0.717) is 27.1 Å². The van der Waals surface area contributed by atoms with Crippen molar-refractivity contribution in [3.05, 3.63) is 56.7 Å². The molecule has 176 valence electrons. The third-order valence-corrected chi connectivity index (χ3v) is 7.99. The summed E-state index contributed by atoms with van der Waals surface area (Å²) in [6.45, 7) is 1.90. The lowest BCUT2D eigenvalue weighted by Gasteiger charge is -2.17. The quantitative estimate of drug-likeness (QED) is 0.324. The molecule has 0 radical (unpaired) electrons. The molecule has 3 heterocycles. The molecule has 3 aromatic heterocycles. The van der Waals surface area contributed by atoms with Crippen molar-refractivity contribution in [2.24, 2.45) is 0 Å². The largest absolute Gasteiger partial charge is 0.368 e. The first-order valence-corrected chi connectivity index (χ1v) is 12.7.